The second-order valence-corrected chi connectivity index (χ2v) is 2.16. The first-order valence-corrected chi connectivity index (χ1v) is 3.65. The predicted molar refractivity (Wildman–Crippen MR) is 45.7 cm³/mol. The Labute approximate surface area is 76.2 Å². The van der Waals surface area contributed by atoms with E-state index in [1.165, 1.54) is 12.5 Å². The fraction of sp³-hybridized carbons (Fsp3) is 0.222. The van der Waals surface area contributed by atoms with E-state index in [0.717, 1.165) is 0 Å². The molecule has 4 nitrogen and oxygen atoms in total. The molecular formula is C9H7N3O. The lowest BCUT2D eigenvalue weighted by molar-refractivity contribution is 0.313. The highest BCUT2D eigenvalue weighted by molar-refractivity contribution is 5.34. The van der Waals surface area contributed by atoms with E-state index in [1.807, 2.05) is 6.07 Å². The summed E-state index contributed by atoms with van der Waals surface area (Å²) in [6, 6.07) is 1.92. The van der Waals surface area contributed by atoms with Gasteiger partial charge >= 0.3 is 0 Å². The minimum atomic E-state index is 0.285. The van der Waals surface area contributed by atoms with Gasteiger partial charge in [-0.3, -0.25) is 0 Å². The molecular weight excluding hydrogens is 166 g/mol. The Balaban J connectivity index is 2.67. The quantitative estimate of drug-likeness (QED) is 0.500. The van der Waals surface area contributed by atoms with Gasteiger partial charge in [-0.05, 0) is 0 Å². The summed E-state index contributed by atoms with van der Waals surface area (Å²) in [4.78, 5) is 7.49. The number of hydrogen-bond acceptors (Lipinski definition) is 4. The third-order valence-corrected chi connectivity index (χ3v) is 1.28. The van der Waals surface area contributed by atoms with Gasteiger partial charge in [-0.1, -0.05) is 0 Å². The molecule has 0 bridgehead atoms. The zero-order chi connectivity index (χ0) is 9.52. The summed E-state index contributed by atoms with van der Waals surface area (Å²) in [5, 5.41) is 8.62. The molecule has 0 N–H and O–H groups in total. The zero-order valence-corrected chi connectivity index (χ0v) is 6.90. The molecule has 0 unspecified atom stereocenters. The monoisotopic (exact) mass is 173 g/mol. The Morgan fingerprint density at radius 2 is 2.46 bits per heavy atom. The summed E-state index contributed by atoms with van der Waals surface area (Å²) in [6.45, 7) is 0.363. The smallest absolute Gasteiger partial charge is 0.234 e. The van der Waals surface area contributed by atoms with Crippen LogP contribution in [-0.2, 0) is 0 Å². The number of nitriles is 1. The number of rotatable bonds is 3. The molecule has 4 heteroatoms. The van der Waals surface area contributed by atoms with Crippen LogP contribution in [0.4, 0.5) is 0 Å². The van der Waals surface area contributed by atoms with Crippen LogP contribution in [0, 0.1) is 23.7 Å². The molecule has 0 aliphatic carbocycles. The maximum absolute atomic E-state index is 8.62. The summed E-state index contributed by atoms with van der Waals surface area (Å²) in [5.41, 5.74) is 0.319. The molecule has 0 aliphatic heterocycles. The molecule has 13 heavy (non-hydrogen) atoms. The summed E-state index contributed by atoms with van der Waals surface area (Å²) in [7, 11) is 0. The van der Waals surface area contributed by atoms with Gasteiger partial charge < -0.3 is 4.74 Å². The Hall–Kier alpha value is -2.07. The highest BCUT2D eigenvalue weighted by Crippen LogP contribution is 2.10. The average molecular weight is 173 g/mol. The van der Waals surface area contributed by atoms with E-state index >= 15 is 0 Å². The van der Waals surface area contributed by atoms with Gasteiger partial charge in [-0.15, -0.1) is 12.3 Å². The van der Waals surface area contributed by atoms with Crippen LogP contribution in [0.5, 0.6) is 5.88 Å². The summed E-state index contributed by atoms with van der Waals surface area (Å²) in [5.74, 6) is 2.71. The number of ether oxygens (including phenoxy) is 1. The molecule has 0 saturated carbocycles. The predicted octanol–water partition coefficient (Wildman–Crippen LogP) is 0.750. The van der Waals surface area contributed by atoms with Crippen molar-refractivity contribution in [2.24, 2.45) is 0 Å². The molecule has 0 spiro atoms. The van der Waals surface area contributed by atoms with Gasteiger partial charge in [0.15, 0.2) is 0 Å². The topological polar surface area (TPSA) is 58.8 Å². The summed E-state index contributed by atoms with van der Waals surface area (Å²) in [6.07, 6.45) is 8.26. The van der Waals surface area contributed by atoms with Crippen LogP contribution in [0.15, 0.2) is 12.5 Å². The van der Waals surface area contributed by atoms with Crippen LogP contribution in [-0.4, -0.2) is 16.6 Å². The van der Waals surface area contributed by atoms with Crippen molar-refractivity contribution in [2.75, 3.05) is 6.61 Å². The lowest BCUT2D eigenvalue weighted by Crippen LogP contribution is -2.00. The van der Waals surface area contributed by atoms with Gasteiger partial charge in [-0.2, -0.15) is 5.26 Å². The van der Waals surface area contributed by atoms with Crippen molar-refractivity contribution in [1.29, 1.82) is 5.26 Å². The van der Waals surface area contributed by atoms with Crippen LogP contribution in [0.2, 0.25) is 0 Å². The van der Waals surface area contributed by atoms with E-state index in [9.17, 15) is 0 Å². The number of hydrogen-bond donors (Lipinski definition) is 0. The van der Waals surface area contributed by atoms with Crippen molar-refractivity contribution in [1.82, 2.24) is 9.97 Å². The molecule has 0 saturated heterocycles. The second-order valence-electron chi connectivity index (χ2n) is 2.16. The molecule has 0 fully saturated rings. The molecule has 0 amide bonds. The first-order valence-electron chi connectivity index (χ1n) is 3.65. The number of aromatic nitrogens is 2. The summed E-state index contributed by atoms with van der Waals surface area (Å²) < 4.78 is 5.15. The van der Waals surface area contributed by atoms with Gasteiger partial charge in [0.2, 0.25) is 5.88 Å². The molecule has 1 rings (SSSR count). The zero-order valence-electron chi connectivity index (χ0n) is 6.90. The van der Waals surface area contributed by atoms with Crippen molar-refractivity contribution >= 4 is 0 Å². The lowest BCUT2D eigenvalue weighted by atomic mass is 10.3. The van der Waals surface area contributed by atoms with Crippen molar-refractivity contribution in [2.45, 2.75) is 6.42 Å². The van der Waals surface area contributed by atoms with E-state index in [4.69, 9.17) is 16.4 Å². The Morgan fingerprint density at radius 3 is 3.15 bits per heavy atom. The first-order chi connectivity index (χ1) is 6.38. The molecule has 0 radical (unpaired) electrons. The Bertz CT molecular complexity index is 362. The summed E-state index contributed by atoms with van der Waals surface area (Å²) >= 11 is 0. The van der Waals surface area contributed by atoms with Crippen molar-refractivity contribution < 1.29 is 4.74 Å². The molecule has 1 aromatic rings. The van der Waals surface area contributed by atoms with Gasteiger partial charge in [0.1, 0.15) is 24.6 Å². The largest absolute Gasteiger partial charge is 0.476 e. The van der Waals surface area contributed by atoms with E-state index in [2.05, 4.69) is 15.9 Å². The Morgan fingerprint density at radius 1 is 1.62 bits per heavy atom. The highest BCUT2D eigenvalue weighted by atomic mass is 16.5. The van der Waals surface area contributed by atoms with Crippen LogP contribution in [0.1, 0.15) is 12.0 Å². The van der Waals surface area contributed by atoms with Crippen molar-refractivity contribution in [3.63, 3.8) is 0 Å². The maximum Gasteiger partial charge on any atom is 0.234 e. The fourth-order valence-corrected chi connectivity index (χ4v) is 0.717. The van der Waals surface area contributed by atoms with Crippen LogP contribution in [0.3, 0.4) is 0 Å². The molecule has 0 aromatic carbocycles. The van der Waals surface area contributed by atoms with Crippen LogP contribution < -0.4 is 4.74 Å². The minimum Gasteiger partial charge on any atom is -0.476 e. The van der Waals surface area contributed by atoms with E-state index in [0.29, 0.717) is 18.6 Å². The van der Waals surface area contributed by atoms with Gasteiger partial charge in [-0.25, -0.2) is 9.97 Å². The molecule has 0 aliphatic rings. The number of terminal acetylenes is 1. The second kappa shape index (κ2) is 4.74. The molecule has 64 valence electrons. The third kappa shape index (κ3) is 2.46. The highest BCUT2D eigenvalue weighted by Gasteiger charge is 2.02. The fourth-order valence-electron chi connectivity index (χ4n) is 0.717. The van der Waals surface area contributed by atoms with Crippen molar-refractivity contribution in [3.05, 3.63) is 18.1 Å². The lowest BCUT2D eigenvalue weighted by Gasteiger charge is -2.02. The first kappa shape index (κ1) is 9.02. The Kier molecular flexibility index (Phi) is 3.29. The van der Waals surface area contributed by atoms with Crippen molar-refractivity contribution in [3.8, 4) is 24.3 Å². The maximum atomic E-state index is 8.62. The van der Waals surface area contributed by atoms with Crippen LogP contribution in [0.25, 0.3) is 0 Å². The van der Waals surface area contributed by atoms with Crippen LogP contribution >= 0.6 is 0 Å². The van der Waals surface area contributed by atoms with Gasteiger partial charge in [0, 0.05) is 6.42 Å². The minimum absolute atomic E-state index is 0.285. The third-order valence-electron chi connectivity index (χ3n) is 1.28. The molecule has 1 aromatic heterocycles. The van der Waals surface area contributed by atoms with E-state index in [1.54, 1.807) is 0 Å². The van der Waals surface area contributed by atoms with E-state index < -0.39 is 0 Å². The average Bonchev–Trinajstić information content (AvgIpc) is 2.19. The molecule has 1 heterocycles. The van der Waals surface area contributed by atoms with E-state index in [-0.39, 0.29) is 5.88 Å². The number of nitrogens with zero attached hydrogens (tertiary/aromatic N) is 3. The standard InChI is InChI=1S/C9H7N3O/c1-2-3-4-13-9-8(5-10)6-11-7-12-9/h1,6-7H,3-4H2. The van der Waals surface area contributed by atoms with Gasteiger partial charge in [0.05, 0.1) is 6.20 Å². The normalized spacial score (nSPS) is 8.46. The SMILES string of the molecule is C#CCCOc1ncncc1C#N. The molecule has 0 atom stereocenters. The van der Waals surface area contributed by atoms with Gasteiger partial charge in [0.25, 0.3) is 0 Å².